The smallest absolute Gasteiger partial charge is 0.337 e. The van der Waals surface area contributed by atoms with E-state index in [0.29, 0.717) is 36.8 Å². The highest BCUT2D eigenvalue weighted by Crippen LogP contribution is 2.30. The van der Waals surface area contributed by atoms with Crippen molar-refractivity contribution >= 4 is 24.0 Å². The van der Waals surface area contributed by atoms with Crippen molar-refractivity contribution < 1.29 is 19.1 Å². The summed E-state index contributed by atoms with van der Waals surface area (Å²) >= 11 is 0. The molecular formula is C31H42N4O4. The first-order chi connectivity index (χ1) is 19.0. The summed E-state index contributed by atoms with van der Waals surface area (Å²) in [6.45, 7) is 5.79. The van der Waals surface area contributed by atoms with E-state index in [1.54, 1.807) is 17.0 Å². The van der Waals surface area contributed by atoms with Crippen molar-refractivity contribution in [2.45, 2.75) is 84.6 Å². The van der Waals surface area contributed by atoms with Gasteiger partial charge in [-0.25, -0.2) is 14.6 Å². The highest BCUT2D eigenvalue weighted by Gasteiger charge is 2.41. The van der Waals surface area contributed by atoms with Crippen LogP contribution < -0.4 is 0 Å². The topological polar surface area (TPSA) is 84.7 Å². The number of hydrogen-bond acceptors (Lipinski definition) is 5. The van der Waals surface area contributed by atoms with Gasteiger partial charge in [-0.2, -0.15) is 0 Å². The number of imide groups is 1. The van der Waals surface area contributed by atoms with Crippen LogP contribution in [-0.4, -0.2) is 57.5 Å². The van der Waals surface area contributed by atoms with Crippen molar-refractivity contribution in [2.24, 2.45) is 5.92 Å². The molecule has 0 spiro atoms. The van der Waals surface area contributed by atoms with Gasteiger partial charge >= 0.3 is 12.0 Å². The van der Waals surface area contributed by atoms with E-state index in [2.05, 4.69) is 18.4 Å². The second-order valence-corrected chi connectivity index (χ2v) is 10.7. The van der Waals surface area contributed by atoms with Crippen LogP contribution in [0.4, 0.5) is 4.79 Å². The fourth-order valence-corrected chi connectivity index (χ4v) is 5.49. The molecule has 0 unspecified atom stereocenters. The normalized spacial score (nSPS) is 17.5. The van der Waals surface area contributed by atoms with Crippen molar-refractivity contribution in [1.82, 2.24) is 19.4 Å². The quantitative estimate of drug-likeness (QED) is 0.188. The van der Waals surface area contributed by atoms with Crippen molar-refractivity contribution in [3.05, 3.63) is 58.8 Å². The van der Waals surface area contributed by atoms with Gasteiger partial charge in [-0.3, -0.25) is 14.6 Å². The van der Waals surface area contributed by atoms with Gasteiger partial charge in [-0.05, 0) is 55.4 Å². The fourth-order valence-electron chi connectivity index (χ4n) is 5.49. The molecule has 1 saturated heterocycles. The second-order valence-electron chi connectivity index (χ2n) is 10.7. The number of benzene rings is 1. The molecule has 1 aromatic carbocycles. The molecule has 0 N–H and O–H groups in total. The average Bonchev–Trinajstić information content (AvgIpc) is 3.43. The second kappa shape index (κ2) is 13.6. The molecular weight excluding hydrogens is 492 g/mol. The molecule has 39 heavy (non-hydrogen) atoms. The molecule has 3 amide bonds. The number of carbonyl (C=O) groups is 3. The van der Waals surface area contributed by atoms with Gasteiger partial charge in [0.2, 0.25) is 0 Å². The Morgan fingerprint density at radius 1 is 1.03 bits per heavy atom. The number of carbonyl (C=O) groups excluding carboxylic acids is 3. The largest absolute Gasteiger partial charge is 0.465 e. The SMILES string of the molecule is CCCCc1ncc(C=C2C(=O)N(CCCC)C(=O)N2CC2CCCCC2)n1Cc1ccc(C(=O)OC)cc1. The van der Waals surface area contributed by atoms with E-state index in [1.165, 1.54) is 31.3 Å². The monoisotopic (exact) mass is 534 g/mol. The summed E-state index contributed by atoms with van der Waals surface area (Å²) in [5.74, 6) is 0.783. The van der Waals surface area contributed by atoms with Crippen LogP contribution in [0, 0.1) is 5.92 Å². The molecule has 1 aliphatic carbocycles. The molecule has 0 bridgehead atoms. The van der Waals surface area contributed by atoms with E-state index < -0.39 is 0 Å². The molecule has 210 valence electrons. The van der Waals surface area contributed by atoms with Crippen molar-refractivity contribution in [2.75, 3.05) is 20.2 Å². The number of aromatic nitrogens is 2. The maximum atomic E-state index is 13.6. The Kier molecular flexibility index (Phi) is 9.96. The molecule has 8 nitrogen and oxygen atoms in total. The molecule has 2 aromatic rings. The van der Waals surface area contributed by atoms with Gasteiger partial charge in [-0.15, -0.1) is 0 Å². The first kappa shape index (κ1) is 28.6. The minimum atomic E-state index is -0.367. The number of methoxy groups -OCH3 is 1. The van der Waals surface area contributed by atoms with E-state index in [-0.39, 0.29) is 17.9 Å². The van der Waals surface area contributed by atoms with E-state index in [9.17, 15) is 14.4 Å². The number of imidazole rings is 1. The molecule has 4 rings (SSSR count). The van der Waals surface area contributed by atoms with Crippen LogP contribution in [0.15, 0.2) is 36.2 Å². The van der Waals surface area contributed by atoms with Crippen LogP contribution in [0.2, 0.25) is 0 Å². The minimum Gasteiger partial charge on any atom is -0.465 e. The van der Waals surface area contributed by atoms with Gasteiger partial charge < -0.3 is 9.30 Å². The summed E-state index contributed by atoms with van der Waals surface area (Å²) in [6.07, 6.45) is 14.1. The summed E-state index contributed by atoms with van der Waals surface area (Å²) in [6, 6.07) is 7.16. The first-order valence-corrected chi connectivity index (χ1v) is 14.5. The van der Waals surface area contributed by atoms with Crippen molar-refractivity contribution in [1.29, 1.82) is 0 Å². The summed E-state index contributed by atoms with van der Waals surface area (Å²) in [4.78, 5) is 46.8. The van der Waals surface area contributed by atoms with E-state index in [0.717, 1.165) is 62.0 Å². The van der Waals surface area contributed by atoms with Gasteiger partial charge in [0, 0.05) is 26.1 Å². The Hall–Kier alpha value is -3.42. The average molecular weight is 535 g/mol. The Bertz CT molecular complexity index is 1180. The number of aryl methyl sites for hydroxylation is 1. The highest BCUT2D eigenvalue weighted by molar-refractivity contribution is 6.13. The molecule has 0 atom stereocenters. The van der Waals surface area contributed by atoms with Crippen LogP contribution in [0.1, 0.15) is 99.1 Å². The van der Waals surface area contributed by atoms with Gasteiger partial charge in [0.05, 0.1) is 24.6 Å². The lowest BCUT2D eigenvalue weighted by Crippen LogP contribution is -2.36. The number of nitrogens with zero attached hydrogens (tertiary/aromatic N) is 4. The molecule has 0 radical (unpaired) electrons. The number of rotatable bonds is 12. The standard InChI is InChI=1S/C31H42N4O4/c1-4-6-13-28-32-20-26(34(28)21-24-14-16-25(17-15-24)30(37)39-3)19-27-29(36)33(18-7-5-2)31(38)35(27)22-23-11-9-8-10-12-23/h14-17,19-20,23H,4-13,18,21-22H2,1-3H3. The number of urea groups is 1. The Morgan fingerprint density at radius 2 is 1.74 bits per heavy atom. The zero-order valence-corrected chi connectivity index (χ0v) is 23.7. The third-order valence-electron chi connectivity index (χ3n) is 7.84. The van der Waals surface area contributed by atoms with Crippen LogP contribution >= 0.6 is 0 Å². The molecule has 2 aliphatic rings. The molecule has 8 heteroatoms. The van der Waals surface area contributed by atoms with Crippen molar-refractivity contribution in [3.63, 3.8) is 0 Å². The number of hydrogen-bond donors (Lipinski definition) is 0. The summed E-state index contributed by atoms with van der Waals surface area (Å²) in [5, 5.41) is 0. The lowest BCUT2D eigenvalue weighted by Gasteiger charge is -2.26. The fraction of sp³-hybridized carbons (Fsp3) is 0.548. The third-order valence-corrected chi connectivity index (χ3v) is 7.84. The third kappa shape index (κ3) is 6.78. The Balaban J connectivity index is 1.67. The summed E-state index contributed by atoms with van der Waals surface area (Å²) in [7, 11) is 1.37. The first-order valence-electron chi connectivity index (χ1n) is 14.5. The van der Waals surface area contributed by atoms with E-state index in [1.807, 2.05) is 24.4 Å². The number of ether oxygens (including phenoxy) is 1. The maximum Gasteiger partial charge on any atom is 0.337 e. The minimum absolute atomic E-state index is 0.194. The lowest BCUT2D eigenvalue weighted by molar-refractivity contribution is -0.123. The molecule has 1 aliphatic heterocycles. The molecule has 1 saturated carbocycles. The maximum absolute atomic E-state index is 13.6. The number of esters is 1. The number of amides is 3. The van der Waals surface area contributed by atoms with Crippen LogP contribution in [0.3, 0.4) is 0 Å². The Labute approximate surface area is 232 Å². The van der Waals surface area contributed by atoms with Crippen LogP contribution in [0.5, 0.6) is 0 Å². The Morgan fingerprint density at radius 3 is 2.41 bits per heavy atom. The predicted molar refractivity (Wildman–Crippen MR) is 151 cm³/mol. The zero-order chi connectivity index (χ0) is 27.8. The van der Waals surface area contributed by atoms with Gasteiger partial charge in [0.1, 0.15) is 11.5 Å². The van der Waals surface area contributed by atoms with Gasteiger partial charge in [0.15, 0.2) is 0 Å². The van der Waals surface area contributed by atoms with Crippen LogP contribution in [-0.2, 0) is 22.5 Å². The van der Waals surface area contributed by atoms with Gasteiger partial charge in [-0.1, -0.05) is 58.1 Å². The zero-order valence-electron chi connectivity index (χ0n) is 23.7. The number of unbranched alkanes of at least 4 members (excludes halogenated alkanes) is 2. The molecule has 2 heterocycles. The van der Waals surface area contributed by atoms with Gasteiger partial charge in [0.25, 0.3) is 5.91 Å². The molecule has 1 aromatic heterocycles. The lowest BCUT2D eigenvalue weighted by atomic mass is 9.89. The van der Waals surface area contributed by atoms with E-state index in [4.69, 9.17) is 9.72 Å². The summed E-state index contributed by atoms with van der Waals surface area (Å²) in [5.41, 5.74) is 2.77. The summed E-state index contributed by atoms with van der Waals surface area (Å²) < 4.78 is 6.95. The molecule has 2 fully saturated rings. The van der Waals surface area contributed by atoms with Crippen LogP contribution in [0.25, 0.3) is 6.08 Å². The predicted octanol–water partition coefficient (Wildman–Crippen LogP) is 6.05. The van der Waals surface area contributed by atoms with Crippen molar-refractivity contribution in [3.8, 4) is 0 Å². The van der Waals surface area contributed by atoms with E-state index >= 15 is 0 Å². The highest BCUT2D eigenvalue weighted by atomic mass is 16.5.